The molecule has 0 radical (unpaired) electrons. The molecule has 0 heterocycles. The van der Waals surface area contributed by atoms with Crippen LogP contribution in [0.25, 0.3) is 0 Å². The van der Waals surface area contributed by atoms with Gasteiger partial charge in [0.2, 0.25) is 0 Å². The minimum absolute atomic E-state index is 0.0467. The molecule has 1 unspecified atom stereocenters. The Balaban J connectivity index is 2.80. The Morgan fingerprint density at radius 1 is 1.44 bits per heavy atom. The van der Waals surface area contributed by atoms with Crippen molar-refractivity contribution in [3.05, 3.63) is 24.3 Å². The highest BCUT2D eigenvalue weighted by molar-refractivity contribution is 5.77. The number of methoxy groups -OCH3 is 1. The summed E-state index contributed by atoms with van der Waals surface area (Å²) in [4.78, 5) is 11.2. The molecule has 0 aromatic heterocycles. The first-order valence-corrected chi connectivity index (χ1v) is 5.95. The maximum atomic E-state index is 11.2. The van der Waals surface area contributed by atoms with Crippen molar-refractivity contribution in [3.63, 3.8) is 0 Å². The van der Waals surface area contributed by atoms with Crippen molar-refractivity contribution in [2.45, 2.75) is 33.2 Å². The lowest BCUT2D eigenvalue weighted by molar-refractivity contribution is -0.138. The Labute approximate surface area is 108 Å². The van der Waals surface area contributed by atoms with Crippen molar-refractivity contribution in [2.75, 3.05) is 12.4 Å². The van der Waals surface area contributed by atoms with Crippen molar-refractivity contribution in [1.29, 1.82) is 0 Å². The molecule has 0 amide bonds. The minimum atomic E-state index is -0.840. The third-order valence-electron chi connectivity index (χ3n) is 2.53. The number of nitrogens with one attached hydrogen (secondary N) is 1. The predicted octanol–water partition coefficient (Wildman–Crippen LogP) is 3.00. The number of hydrogen-bond donors (Lipinski definition) is 2. The van der Waals surface area contributed by atoms with Gasteiger partial charge in [0.1, 0.15) is 11.8 Å². The number of aliphatic carboxylic acids is 1. The molecule has 1 aromatic carbocycles. The van der Waals surface area contributed by atoms with E-state index in [0.29, 0.717) is 12.2 Å². The highest BCUT2D eigenvalue weighted by atomic mass is 16.5. The molecule has 0 aliphatic heterocycles. The van der Waals surface area contributed by atoms with Crippen LogP contribution in [0.5, 0.6) is 5.75 Å². The normalized spacial score (nSPS) is 12.9. The summed E-state index contributed by atoms with van der Waals surface area (Å²) in [6.07, 6.45) is 0.555. The Kier molecular flexibility index (Phi) is 4.59. The number of carboxylic acid groups (broad SMARTS) is 1. The van der Waals surface area contributed by atoms with E-state index >= 15 is 0 Å². The standard InChI is InChI=1S/C14H21NO3/c1-14(2,3)9-12(13(16)17)15-10-6-5-7-11(8-10)18-4/h5-8,12,15H,9H2,1-4H3,(H,16,17). The summed E-state index contributed by atoms with van der Waals surface area (Å²) in [6, 6.07) is 6.68. The zero-order valence-electron chi connectivity index (χ0n) is 11.4. The molecule has 2 N–H and O–H groups in total. The second kappa shape index (κ2) is 5.76. The van der Waals surface area contributed by atoms with Gasteiger partial charge in [0.15, 0.2) is 0 Å². The first-order chi connectivity index (χ1) is 8.31. The van der Waals surface area contributed by atoms with Gasteiger partial charge < -0.3 is 15.2 Å². The molecular formula is C14H21NO3. The fourth-order valence-electron chi connectivity index (χ4n) is 1.73. The first kappa shape index (κ1) is 14.4. The molecule has 100 valence electrons. The molecule has 4 heteroatoms. The van der Waals surface area contributed by atoms with Crippen molar-refractivity contribution >= 4 is 11.7 Å². The van der Waals surface area contributed by atoms with Gasteiger partial charge in [-0.15, -0.1) is 0 Å². The largest absolute Gasteiger partial charge is 0.497 e. The van der Waals surface area contributed by atoms with E-state index in [1.807, 2.05) is 39.0 Å². The summed E-state index contributed by atoms with van der Waals surface area (Å²) in [5.41, 5.74) is 0.709. The van der Waals surface area contributed by atoms with Crippen LogP contribution in [-0.2, 0) is 4.79 Å². The van der Waals surface area contributed by atoms with E-state index in [1.54, 1.807) is 13.2 Å². The zero-order chi connectivity index (χ0) is 13.8. The maximum Gasteiger partial charge on any atom is 0.326 e. The first-order valence-electron chi connectivity index (χ1n) is 5.95. The van der Waals surface area contributed by atoms with Gasteiger partial charge in [-0.1, -0.05) is 26.8 Å². The lowest BCUT2D eigenvalue weighted by atomic mass is 9.88. The SMILES string of the molecule is COc1cccc(NC(CC(C)(C)C)C(=O)O)c1. The van der Waals surface area contributed by atoms with Crippen LogP contribution >= 0.6 is 0 Å². The molecule has 18 heavy (non-hydrogen) atoms. The molecule has 0 aliphatic carbocycles. The van der Waals surface area contributed by atoms with Crippen LogP contribution < -0.4 is 10.1 Å². The lowest BCUT2D eigenvalue weighted by Crippen LogP contribution is -2.33. The average molecular weight is 251 g/mol. The van der Waals surface area contributed by atoms with E-state index in [0.717, 1.165) is 5.69 Å². The van der Waals surface area contributed by atoms with Crippen molar-refractivity contribution in [1.82, 2.24) is 0 Å². The molecule has 0 fully saturated rings. The molecule has 0 aliphatic rings. The van der Waals surface area contributed by atoms with E-state index in [1.165, 1.54) is 0 Å². The van der Waals surface area contributed by atoms with Gasteiger partial charge in [-0.25, -0.2) is 4.79 Å². The van der Waals surface area contributed by atoms with Gasteiger partial charge in [0.05, 0.1) is 7.11 Å². The van der Waals surface area contributed by atoms with Crippen LogP contribution in [0.2, 0.25) is 0 Å². The summed E-state index contributed by atoms with van der Waals surface area (Å²) in [6.45, 7) is 6.07. The van der Waals surface area contributed by atoms with Crippen LogP contribution in [0.15, 0.2) is 24.3 Å². The van der Waals surface area contributed by atoms with Gasteiger partial charge in [-0.2, -0.15) is 0 Å². The second-order valence-electron chi connectivity index (χ2n) is 5.53. The zero-order valence-corrected chi connectivity index (χ0v) is 11.4. The number of anilines is 1. The van der Waals surface area contributed by atoms with E-state index in [9.17, 15) is 9.90 Å². The number of hydrogen-bond acceptors (Lipinski definition) is 3. The van der Waals surface area contributed by atoms with Crippen LogP contribution in [-0.4, -0.2) is 24.2 Å². The van der Waals surface area contributed by atoms with Crippen LogP contribution in [0.4, 0.5) is 5.69 Å². The molecule has 1 atom stereocenters. The Morgan fingerprint density at radius 3 is 2.61 bits per heavy atom. The van der Waals surface area contributed by atoms with Gasteiger partial charge in [0.25, 0.3) is 0 Å². The number of carboxylic acids is 1. The lowest BCUT2D eigenvalue weighted by Gasteiger charge is -2.24. The second-order valence-corrected chi connectivity index (χ2v) is 5.53. The molecule has 1 rings (SSSR count). The van der Waals surface area contributed by atoms with Crippen LogP contribution in [0.3, 0.4) is 0 Å². The third-order valence-corrected chi connectivity index (χ3v) is 2.53. The van der Waals surface area contributed by atoms with Gasteiger partial charge in [0, 0.05) is 11.8 Å². The van der Waals surface area contributed by atoms with E-state index in [4.69, 9.17) is 4.74 Å². The monoisotopic (exact) mass is 251 g/mol. The Bertz CT molecular complexity index is 410. The summed E-state index contributed by atoms with van der Waals surface area (Å²) < 4.78 is 5.11. The Hall–Kier alpha value is -1.71. The molecule has 0 saturated carbocycles. The highest BCUT2D eigenvalue weighted by Crippen LogP contribution is 2.24. The van der Waals surface area contributed by atoms with E-state index < -0.39 is 12.0 Å². The summed E-state index contributed by atoms with van der Waals surface area (Å²) in [5.74, 6) is -0.132. The topological polar surface area (TPSA) is 58.6 Å². The third kappa shape index (κ3) is 4.65. The van der Waals surface area contributed by atoms with E-state index in [-0.39, 0.29) is 5.41 Å². The smallest absolute Gasteiger partial charge is 0.326 e. The molecule has 4 nitrogen and oxygen atoms in total. The quantitative estimate of drug-likeness (QED) is 0.844. The van der Waals surface area contributed by atoms with Gasteiger partial charge in [-0.05, 0) is 24.0 Å². The number of ether oxygens (including phenoxy) is 1. The summed E-state index contributed by atoms with van der Waals surface area (Å²) in [7, 11) is 1.59. The van der Waals surface area contributed by atoms with Gasteiger partial charge in [-0.3, -0.25) is 0 Å². The number of benzene rings is 1. The van der Waals surface area contributed by atoms with Crippen molar-refractivity contribution < 1.29 is 14.6 Å². The summed E-state index contributed by atoms with van der Waals surface area (Å²) >= 11 is 0. The Morgan fingerprint density at radius 2 is 2.11 bits per heavy atom. The minimum Gasteiger partial charge on any atom is -0.497 e. The number of rotatable bonds is 5. The highest BCUT2D eigenvalue weighted by Gasteiger charge is 2.24. The predicted molar refractivity (Wildman–Crippen MR) is 72.1 cm³/mol. The van der Waals surface area contributed by atoms with Crippen LogP contribution in [0, 0.1) is 5.41 Å². The molecule has 0 bridgehead atoms. The summed E-state index contributed by atoms with van der Waals surface area (Å²) in [5, 5.41) is 12.3. The van der Waals surface area contributed by atoms with Crippen molar-refractivity contribution in [3.8, 4) is 5.75 Å². The van der Waals surface area contributed by atoms with Gasteiger partial charge >= 0.3 is 5.97 Å². The van der Waals surface area contributed by atoms with E-state index in [2.05, 4.69) is 5.32 Å². The fraction of sp³-hybridized carbons (Fsp3) is 0.500. The fourth-order valence-corrected chi connectivity index (χ4v) is 1.73. The number of carbonyl (C=O) groups is 1. The molecular weight excluding hydrogens is 230 g/mol. The molecule has 0 saturated heterocycles. The molecule has 0 spiro atoms. The van der Waals surface area contributed by atoms with Crippen molar-refractivity contribution in [2.24, 2.45) is 5.41 Å². The average Bonchev–Trinajstić information content (AvgIpc) is 2.26. The molecule has 1 aromatic rings. The maximum absolute atomic E-state index is 11.2. The van der Waals surface area contributed by atoms with Crippen LogP contribution in [0.1, 0.15) is 27.2 Å².